The lowest BCUT2D eigenvalue weighted by Gasteiger charge is -2.06. The summed E-state index contributed by atoms with van der Waals surface area (Å²) < 4.78 is 26.5. The minimum atomic E-state index is -3.15. The molecule has 1 rings (SSSR count). The van der Waals surface area contributed by atoms with E-state index in [0.29, 0.717) is 25.2 Å². The number of aryl methyl sites for hydroxylation is 1. The summed E-state index contributed by atoms with van der Waals surface area (Å²) in [5, 5.41) is 2.72. The van der Waals surface area contributed by atoms with Gasteiger partial charge < -0.3 is 9.88 Å². The number of carbonyl (C=O) groups excluding carboxylic acids is 1. The highest BCUT2D eigenvalue weighted by Gasteiger charge is 2.10. The number of halogens is 1. The molecule has 0 atom stereocenters. The van der Waals surface area contributed by atoms with Gasteiger partial charge in [-0.1, -0.05) is 0 Å². The molecule has 18 heavy (non-hydrogen) atoms. The maximum Gasteiger partial charge on any atom is 0.267 e. The van der Waals surface area contributed by atoms with Gasteiger partial charge in [0.15, 0.2) is 0 Å². The molecule has 2 N–H and O–H groups in total. The highest BCUT2D eigenvalue weighted by molar-refractivity contribution is 9.10. The summed E-state index contributed by atoms with van der Waals surface area (Å²) in [6.07, 6.45) is 3.44. The second-order valence-electron chi connectivity index (χ2n) is 3.93. The van der Waals surface area contributed by atoms with E-state index in [0.717, 1.165) is 10.7 Å². The van der Waals surface area contributed by atoms with Crippen molar-refractivity contribution in [2.24, 2.45) is 7.05 Å². The number of carbonyl (C=O) groups is 1. The van der Waals surface area contributed by atoms with Crippen LogP contribution in [-0.2, 0) is 17.1 Å². The summed E-state index contributed by atoms with van der Waals surface area (Å²) in [4.78, 5) is 11.7. The molecule has 0 aliphatic heterocycles. The van der Waals surface area contributed by atoms with Gasteiger partial charge >= 0.3 is 0 Å². The third-order valence-electron chi connectivity index (χ3n) is 2.21. The zero-order valence-electron chi connectivity index (χ0n) is 10.2. The Labute approximate surface area is 115 Å². The quantitative estimate of drug-likeness (QED) is 0.740. The standard InChI is InChI=1S/C10H16BrN3O3S/c1-14-7-8(11)6-9(14)10(15)12-4-3-5-13-18(2,16)17/h6-7,13H,3-5H2,1-2H3,(H,12,15). The van der Waals surface area contributed by atoms with Crippen molar-refractivity contribution in [3.8, 4) is 0 Å². The third kappa shape index (κ3) is 5.19. The molecule has 0 aliphatic carbocycles. The van der Waals surface area contributed by atoms with Gasteiger partial charge in [0.25, 0.3) is 5.91 Å². The fourth-order valence-electron chi connectivity index (χ4n) is 1.39. The van der Waals surface area contributed by atoms with E-state index in [-0.39, 0.29) is 5.91 Å². The highest BCUT2D eigenvalue weighted by atomic mass is 79.9. The molecule has 0 aromatic carbocycles. The van der Waals surface area contributed by atoms with Crippen LogP contribution in [0, 0.1) is 0 Å². The molecule has 0 aliphatic rings. The Morgan fingerprint density at radius 3 is 2.61 bits per heavy atom. The molecular formula is C10H16BrN3O3S. The maximum atomic E-state index is 11.7. The number of sulfonamides is 1. The molecule has 102 valence electrons. The first kappa shape index (κ1) is 15.2. The summed E-state index contributed by atoms with van der Waals surface area (Å²) in [5.41, 5.74) is 0.554. The minimum Gasteiger partial charge on any atom is -0.351 e. The fourth-order valence-corrected chi connectivity index (χ4v) is 2.43. The number of rotatable bonds is 6. The Kier molecular flexibility index (Phi) is 5.36. The average molecular weight is 338 g/mol. The van der Waals surface area contributed by atoms with Crippen LogP contribution in [0.15, 0.2) is 16.7 Å². The van der Waals surface area contributed by atoms with Crippen LogP contribution in [0.4, 0.5) is 0 Å². The first-order valence-electron chi connectivity index (χ1n) is 5.34. The Hall–Kier alpha value is -0.860. The Morgan fingerprint density at radius 2 is 2.11 bits per heavy atom. The third-order valence-corrected chi connectivity index (χ3v) is 3.37. The smallest absolute Gasteiger partial charge is 0.267 e. The summed E-state index contributed by atoms with van der Waals surface area (Å²) in [6.45, 7) is 0.736. The molecule has 1 heterocycles. The van der Waals surface area contributed by atoms with Crippen molar-refractivity contribution in [2.75, 3.05) is 19.3 Å². The van der Waals surface area contributed by atoms with E-state index in [1.54, 1.807) is 23.9 Å². The van der Waals surface area contributed by atoms with Gasteiger partial charge in [0, 0.05) is 30.8 Å². The molecule has 6 nitrogen and oxygen atoms in total. The number of aromatic nitrogens is 1. The van der Waals surface area contributed by atoms with Crippen molar-refractivity contribution >= 4 is 31.9 Å². The molecule has 0 saturated heterocycles. The van der Waals surface area contributed by atoms with Crippen molar-refractivity contribution in [3.05, 3.63) is 22.4 Å². The summed E-state index contributed by atoms with van der Waals surface area (Å²) in [5.74, 6) is -0.178. The van der Waals surface area contributed by atoms with E-state index >= 15 is 0 Å². The van der Waals surface area contributed by atoms with Gasteiger partial charge in [-0.3, -0.25) is 4.79 Å². The van der Waals surface area contributed by atoms with Crippen LogP contribution in [0.1, 0.15) is 16.9 Å². The van der Waals surface area contributed by atoms with Crippen LogP contribution in [0.25, 0.3) is 0 Å². The van der Waals surface area contributed by atoms with Crippen molar-refractivity contribution in [2.45, 2.75) is 6.42 Å². The van der Waals surface area contributed by atoms with Crippen LogP contribution in [0.5, 0.6) is 0 Å². The molecule has 1 aromatic rings. The van der Waals surface area contributed by atoms with Gasteiger partial charge in [0.1, 0.15) is 5.69 Å². The van der Waals surface area contributed by atoms with Gasteiger partial charge in [-0.15, -0.1) is 0 Å². The van der Waals surface area contributed by atoms with E-state index in [1.807, 2.05) is 0 Å². The number of nitrogens with one attached hydrogen (secondary N) is 2. The van der Waals surface area contributed by atoms with Crippen LogP contribution < -0.4 is 10.0 Å². The van der Waals surface area contributed by atoms with Gasteiger partial charge in [-0.05, 0) is 28.4 Å². The van der Waals surface area contributed by atoms with Crippen molar-refractivity contribution in [1.82, 2.24) is 14.6 Å². The van der Waals surface area contributed by atoms with Gasteiger partial charge in [-0.2, -0.15) is 0 Å². The largest absolute Gasteiger partial charge is 0.351 e. The summed E-state index contributed by atoms with van der Waals surface area (Å²) in [6, 6.07) is 1.73. The lowest BCUT2D eigenvalue weighted by atomic mass is 10.3. The second kappa shape index (κ2) is 6.35. The van der Waals surface area contributed by atoms with Crippen LogP contribution in [0.2, 0.25) is 0 Å². The molecule has 0 unspecified atom stereocenters. The first-order valence-corrected chi connectivity index (χ1v) is 8.03. The Morgan fingerprint density at radius 1 is 1.44 bits per heavy atom. The number of nitrogens with zero attached hydrogens (tertiary/aromatic N) is 1. The van der Waals surface area contributed by atoms with Crippen LogP contribution in [-0.4, -0.2) is 38.2 Å². The molecule has 1 amide bonds. The molecule has 8 heteroatoms. The Balaban J connectivity index is 2.32. The van der Waals surface area contributed by atoms with Gasteiger partial charge in [0.2, 0.25) is 10.0 Å². The fraction of sp³-hybridized carbons (Fsp3) is 0.500. The zero-order chi connectivity index (χ0) is 13.8. The van der Waals surface area contributed by atoms with Crippen molar-refractivity contribution in [1.29, 1.82) is 0 Å². The molecule has 0 radical (unpaired) electrons. The first-order chi connectivity index (χ1) is 8.29. The summed E-state index contributed by atoms with van der Waals surface area (Å²) in [7, 11) is -1.37. The maximum absolute atomic E-state index is 11.7. The van der Waals surface area contributed by atoms with Crippen molar-refractivity contribution < 1.29 is 13.2 Å². The van der Waals surface area contributed by atoms with E-state index in [1.165, 1.54) is 0 Å². The lowest BCUT2D eigenvalue weighted by molar-refractivity contribution is 0.0945. The number of hydrogen-bond acceptors (Lipinski definition) is 3. The molecule has 0 bridgehead atoms. The number of amides is 1. The SMILES string of the molecule is Cn1cc(Br)cc1C(=O)NCCCNS(C)(=O)=O. The van der Waals surface area contributed by atoms with E-state index in [2.05, 4.69) is 26.0 Å². The average Bonchev–Trinajstić information content (AvgIpc) is 2.55. The molecular weight excluding hydrogens is 322 g/mol. The normalized spacial score (nSPS) is 11.5. The van der Waals surface area contributed by atoms with Crippen LogP contribution >= 0.6 is 15.9 Å². The molecule has 0 spiro atoms. The lowest BCUT2D eigenvalue weighted by Crippen LogP contribution is -2.30. The van der Waals surface area contributed by atoms with Gasteiger partial charge in [0.05, 0.1) is 6.26 Å². The summed E-state index contributed by atoms with van der Waals surface area (Å²) >= 11 is 3.29. The molecule has 0 saturated carbocycles. The predicted molar refractivity (Wildman–Crippen MR) is 72.9 cm³/mol. The minimum absolute atomic E-state index is 0.178. The Bertz CT molecular complexity index is 524. The zero-order valence-corrected chi connectivity index (χ0v) is 12.6. The van der Waals surface area contributed by atoms with Gasteiger partial charge in [-0.25, -0.2) is 13.1 Å². The second-order valence-corrected chi connectivity index (χ2v) is 6.68. The van der Waals surface area contributed by atoms with Crippen molar-refractivity contribution in [3.63, 3.8) is 0 Å². The predicted octanol–water partition coefficient (Wildman–Crippen LogP) is 0.457. The van der Waals surface area contributed by atoms with E-state index in [4.69, 9.17) is 0 Å². The van der Waals surface area contributed by atoms with E-state index in [9.17, 15) is 13.2 Å². The van der Waals surface area contributed by atoms with Crippen LogP contribution in [0.3, 0.4) is 0 Å². The monoisotopic (exact) mass is 337 g/mol. The molecule has 0 fully saturated rings. The molecule has 1 aromatic heterocycles. The van der Waals surface area contributed by atoms with E-state index < -0.39 is 10.0 Å². The topological polar surface area (TPSA) is 80.2 Å². The highest BCUT2D eigenvalue weighted by Crippen LogP contribution is 2.13. The number of hydrogen-bond donors (Lipinski definition) is 2.